The molecule has 5 aliphatic carbocycles. The number of likely N-dealkylation sites (tertiary alicyclic amines) is 1. The van der Waals surface area contributed by atoms with Gasteiger partial charge in [0.15, 0.2) is 11.5 Å². The summed E-state index contributed by atoms with van der Waals surface area (Å²) in [6, 6.07) is 12.0. The Bertz CT molecular complexity index is 1290. The Labute approximate surface area is 223 Å². The second-order valence-corrected chi connectivity index (χ2v) is 13.5. The Hall–Kier alpha value is -1.79. The van der Waals surface area contributed by atoms with Crippen molar-refractivity contribution in [1.29, 1.82) is 0 Å². The summed E-state index contributed by atoms with van der Waals surface area (Å²) in [6.45, 7) is 4.20. The van der Waals surface area contributed by atoms with E-state index < -0.39 is 11.2 Å². The molecule has 7 aliphatic rings. The van der Waals surface area contributed by atoms with Crippen molar-refractivity contribution in [2.24, 2.45) is 17.3 Å². The molecule has 5 fully saturated rings. The van der Waals surface area contributed by atoms with E-state index in [2.05, 4.69) is 11.0 Å². The summed E-state index contributed by atoms with van der Waals surface area (Å²) < 4.78 is 13.5. The Kier molecular flexibility index (Phi) is 4.52. The van der Waals surface area contributed by atoms with E-state index >= 15 is 0 Å². The highest BCUT2D eigenvalue weighted by Gasteiger charge is 2.82. The Morgan fingerprint density at radius 1 is 1.14 bits per heavy atom. The minimum Gasteiger partial charge on any atom is -0.504 e. The zero-order valence-electron chi connectivity index (χ0n) is 21.7. The van der Waals surface area contributed by atoms with E-state index in [4.69, 9.17) is 21.1 Å². The number of hydrogen-bond donors (Lipinski definition) is 2. The van der Waals surface area contributed by atoms with Crippen LogP contribution in [0.3, 0.4) is 0 Å². The Balaban J connectivity index is 1.34. The summed E-state index contributed by atoms with van der Waals surface area (Å²) in [6.07, 6.45) is 7.27. The maximum Gasteiger partial charge on any atom is 0.165 e. The maximum absolute atomic E-state index is 12.4. The van der Waals surface area contributed by atoms with Crippen molar-refractivity contribution in [3.05, 3.63) is 58.1 Å². The number of aliphatic hydroxyl groups is 1. The molecule has 4 saturated carbocycles. The summed E-state index contributed by atoms with van der Waals surface area (Å²) in [7, 11) is 1.80. The number of phenolic OH excluding ortho intramolecular Hbond substituents is 1. The van der Waals surface area contributed by atoms with E-state index in [0.29, 0.717) is 16.8 Å². The van der Waals surface area contributed by atoms with Crippen LogP contribution in [0.25, 0.3) is 0 Å². The largest absolute Gasteiger partial charge is 0.504 e. The van der Waals surface area contributed by atoms with E-state index in [9.17, 15) is 10.2 Å². The van der Waals surface area contributed by atoms with E-state index in [1.165, 1.54) is 30.5 Å². The number of phenols is 1. The first kappa shape index (κ1) is 23.1. The summed E-state index contributed by atoms with van der Waals surface area (Å²) in [5, 5.41) is 24.1. The van der Waals surface area contributed by atoms with Gasteiger partial charge in [-0.3, -0.25) is 4.90 Å². The SMILES string of the molecule is CO[C@]12CCC3(C[C@@H]1[C@](C)(O)c1ccc(Cl)cc1)C1Cc4ccc(O)c5c4[C@@]3(CCN1CC1CC1)[C@@H]2O5. The second-order valence-electron chi connectivity index (χ2n) is 13.1. The van der Waals surface area contributed by atoms with Gasteiger partial charge in [-0.1, -0.05) is 29.8 Å². The van der Waals surface area contributed by atoms with Crippen molar-refractivity contribution < 1.29 is 19.7 Å². The highest BCUT2D eigenvalue weighted by atomic mass is 35.5. The molecule has 2 aromatic rings. The molecule has 0 radical (unpaired) electrons. The predicted molar refractivity (Wildman–Crippen MR) is 141 cm³/mol. The molecule has 2 aromatic carbocycles. The zero-order chi connectivity index (χ0) is 25.4. The number of hydrogen-bond acceptors (Lipinski definition) is 5. The summed E-state index contributed by atoms with van der Waals surface area (Å²) >= 11 is 6.23. The number of benzene rings is 2. The summed E-state index contributed by atoms with van der Waals surface area (Å²) in [5.41, 5.74) is 1.46. The molecule has 7 atom stereocenters. The molecule has 2 unspecified atom stereocenters. The van der Waals surface area contributed by atoms with E-state index in [1.807, 2.05) is 37.3 Å². The fourth-order valence-electron chi connectivity index (χ4n) is 10.0. The third-order valence-corrected chi connectivity index (χ3v) is 12.0. The lowest BCUT2D eigenvalue weighted by molar-refractivity contribution is -0.304. The standard InChI is InChI=1S/C31H36ClNO4/c1-28(35,20-6-8-21(32)9-7-20)23-16-29-11-12-31(23,36-2)27-30(29)13-14-33(17-18-3-4-18)24(29)15-19-5-10-22(34)26(37-27)25(19)30/h5-10,18,23-24,27,34-35H,3-4,11-17H2,1-2H3/t23-,24?,27+,28-,29?,30+,31-/m1/s1. The van der Waals surface area contributed by atoms with Crippen LogP contribution in [0.5, 0.6) is 11.5 Å². The van der Waals surface area contributed by atoms with Crippen molar-refractivity contribution >= 4 is 11.6 Å². The van der Waals surface area contributed by atoms with Gasteiger partial charge >= 0.3 is 0 Å². The van der Waals surface area contributed by atoms with Gasteiger partial charge in [-0.15, -0.1) is 0 Å². The molecular formula is C31H36ClNO4. The lowest BCUT2D eigenvalue weighted by Gasteiger charge is -2.75. The summed E-state index contributed by atoms with van der Waals surface area (Å²) in [5.74, 6) is 1.59. The van der Waals surface area contributed by atoms with Crippen molar-refractivity contribution in [2.45, 2.75) is 80.6 Å². The van der Waals surface area contributed by atoms with Crippen molar-refractivity contribution in [2.75, 3.05) is 20.2 Å². The minimum atomic E-state index is -1.12. The lowest BCUT2D eigenvalue weighted by atomic mass is 9.33. The molecule has 2 aliphatic heterocycles. The summed E-state index contributed by atoms with van der Waals surface area (Å²) in [4.78, 5) is 2.80. The second kappa shape index (κ2) is 7.24. The molecule has 2 heterocycles. The van der Waals surface area contributed by atoms with Crippen molar-refractivity contribution in [3.8, 4) is 11.5 Å². The van der Waals surface area contributed by atoms with Crippen molar-refractivity contribution in [1.82, 2.24) is 4.90 Å². The molecule has 2 spiro atoms. The highest BCUT2D eigenvalue weighted by Crippen LogP contribution is 2.78. The molecule has 9 rings (SSSR count). The van der Waals surface area contributed by atoms with Gasteiger partial charge in [-0.2, -0.15) is 0 Å². The van der Waals surface area contributed by atoms with Crippen LogP contribution in [0, 0.1) is 17.3 Å². The Morgan fingerprint density at radius 3 is 2.65 bits per heavy atom. The average molecular weight is 522 g/mol. The smallest absolute Gasteiger partial charge is 0.165 e. The van der Waals surface area contributed by atoms with E-state index in [1.54, 1.807) is 7.11 Å². The van der Waals surface area contributed by atoms with Gasteiger partial charge in [0.2, 0.25) is 0 Å². The molecule has 5 nitrogen and oxygen atoms in total. The van der Waals surface area contributed by atoms with Gasteiger partial charge in [0.25, 0.3) is 0 Å². The number of fused-ring (bicyclic) bond motifs is 2. The van der Waals surface area contributed by atoms with Crippen LogP contribution in [-0.2, 0) is 22.2 Å². The number of ether oxygens (including phenoxy) is 2. The average Bonchev–Trinajstić information content (AvgIpc) is 3.64. The molecule has 6 heteroatoms. The number of rotatable bonds is 5. The fraction of sp³-hybridized carbons (Fsp3) is 0.613. The molecule has 196 valence electrons. The minimum absolute atomic E-state index is 0.0296. The first-order chi connectivity index (χ1) is 17.8. The topological polar surface area (TPSA) is 62.2 Å². The predicted octanol–water partition coefficient (Wildman–Crippen LogP) is 5.18. The Morgan fingerprint density at radius 2 is 1.92 bits per heavy atom. The van der Waals surface area contributed by atoms with E-state index in [0.717, 1.165) is 50.1 Å². The third-order valence-electron chi connectivity index (χ3n) is 11.8. The molecule has 0 aromatic heterocycles. The quantitative estimate of drug-likeness (QED) is 0.568. The van der Waals surface area contributed by atoms with Gasteiger partial charge in [-0.25, -0.2) is 0 Å². The monoisotopic (exact) mass is 521 g/mol. The van der Waals surface area contributed by atoms with Crippen molar-refractivity contribution in [3.63, 3.8) is 0 Å². The fourth-order valence-corrected chi connectivity index (χ4v) is 10.2. The van der Waals surface area contributed by atoms with Gasteiger partial charge in [0, 0.05) is 47.0 Å². The van der Waals surface area contributed by atoms with Gasteiger partial charge in [-0.05, 0) is 93.7 Å². The van der Waals surface area contributed by atoms with E-state index in [-0.39, 0.29) is 28.6 Å². The maximum atomic E-state index is 12.4. The number of aromatic hydroxyl groups is 1. The van der Waals surface area contributed by atoms with Crippen LogP contribution in [0.1, 0.15) is 62.1 Å². The lowest BCUT2D eigenvalue weighted by Crippen LogP contribution is -2.82. The van der Waals surface area contributed by atoms with Crippen LogP contribution in [0.15, 0.2) is 36.4 Å². The normalized spacial score (nSPS) is 40.7. The van der Waals surface area contributed by atoms with Crippen LogP contribution >= 0.6 is 11.6 Å². The van der Waals surface area contributed by atoms with Gasteiger partial charge < -0.3 is 19.7 Å². The first-order valence-corrected chi connectivity index (χ1v) is 14.4. The highest BCUT2D eigenvalue weighted by molar-refractivity contribution is 6.30. The number of nitrogens with zero attached hydrogens (tertiary/aromatic N) is 1. The zero-order valence-corrected chi connectivity index (χ0v) is 22.4. The molecule has 0 amide bonds. The van der Waals surface area contributed by atoms with Gasteiger partial charge in [0.05, 0.1) is 5.60 Å². The number of piperidine rings is 1. The number of methoxy groups -OCH3 is 1. The number of halogens is 1. The third kappa shape index (κ3) is 2.63. The van der Waals surface area contributed by atoms with Gasteiger partial charge in [0.1, 0.15) is 11.7 Å². The first-order valence-electron chi connectivity index (χ1n) is 14.1. The van der Waals surface area contributed by atoms with Crippen LogP contribution in [0.4, 0.5) is 0 Å². The van der Waals surface area contributed by atoms with Crippen LogP contribution in [0.2, 0.25) is 5.02 Å². The molecular weight excluding hydrogens is 486 g/mol. The molecule has 37 heavy (non-hydrogen) atoms. The molecule has 2 N–H and O–H groups in total. The van der Waals surface area contributed by atoms with Crippen LogP contribution in [-0.4, -0.2) is 53.1 Å². The molecule has 1 saturated heterocycles. The molecule has 4 bridgehead atoms. The van der Waals surface area contributed by atoms with Crippen LogP contribution < -0.4 is 4.74 Å².